The number of piperidine rings is 3. The van der Waals surface area contributed by atoms with E-state index in [-0.39, 0.29) is 23.1 Å². The van der Waals surface area contributed by atoms with Crippen LogP contribution < -0.4 is 21.7 Å². The number of ether oxygens (including phenoxy) is 2. The molecule has 2 aromatic heterocycles. The molecule has 3 aliphatic rings. The smallest absolute Gasteiger partial charge is 0.349 e. The molecule has 0 spiro atoms. The minimum atomic E-state index is -1.73. The molecule has 5 heterocycles. The monoisotopic (exact) mass is 563 g/mol. The van der Waals surface area contributed by atoms with Crippen LogP contribution in [0.25, 0.3) is 0 Å². The van der Waals surface area contributed by atoms with E-state index < -0.39 is 11.6 Å². The maximum Gasteiger partial charge on any atom is 0.349 e. The lowest BCUT2D eigenvalue weighted by Gasteiger charge is -2.52. The van der Waals surface area contributed by atoms with Crippen LogP contribution in [0.4, 0.5) is 0 Å². The third kappa shape index (κ3) is 5.11. The number of esters is 1. The second-order valence-electron chi connectivity index (χ2n) is 9.16. The van der Waals surface area contributed by atoms with Gasteiger partial charge in [-0.15, -0.1) is 22.7 Å². The standard InChI is InChI=1S/C26H30NO4S2.BrH/c28-25(26(29,23-9-4-17-32-23)24-10-5-18-33-24)31-22-19-27(14-11-20(22)12-15-27)13-6-16-30-21-7-2-1-3-8-21;/h1-5,7-10,17-18,20,22,29H,6,11-16,19H2;1H/q+1;/p-1/t20?,22-,27?;/m0./s1. The summed E-state index contributed by atoms with van der Waals surface area (Å²) in [6.07, 6.45) is 2.94. The zero-order chi connectivity index (χ0) is 22.7. The van der Waals surface area contributed by atoms with E-state index in [2.05, 4.69) is 0 Å². The number of halogens is 1. The molecule has 3 aromatic rings. The number of hydrogen-bond donors (Lipinski definition) is 1. The van der Waals surface area contributed by atoms with Crippen LogP contribution in [0.3, 0.4) is 0 Å². The maximum absolute atomic E-state index is 13.4. The van der Waals surface area contributed by atoms with Gasteiger partial charge in [-0.1, -0.05) is 30.3 Å². The van der Waals surface area contributed by atoms with Gasteiger partial charge in [0.2, 0.25) is 5.60 Å². The molecule has 3 fully saturated rings. The van der Waals surface area contributed by atoms with Crippen molar-refractivity contribution in [2.45, 2.75) is 31.0 Å². The number of fused-ring (bicyclic) bond motifs is 3. The van der Waals surface area contributed by atoms with Gasteiger partial charge in [-0.3, -0.25) is 0 Å². The number of carbonyl (C=O) groups is 1. The first kappa shape index (κ1) is 25.4. The number of thiophene rings is 2. The Balaban J connectivity index is 0.00000274. The fourth-order valence-corrected chi connectivity index (χ4v) is 7.00. The number of carbonyl (C=O) groups excluding carboxylic acids is 1. The molecule has 0 saturated carbocycles. The first-order valence-corrected chi connectivity index (χ1v) is 13.4. The van der Waals surface area contributed by atoms with Gasteiger partial charge in [0.15, 0.2) is 6.10 Å². The first-order valence-electron chi connectivity index (χ1n) is 11.6. The average molecular weight is 565 g/mol. The summed E-state index contributed by atoms with van der Waals surface area (Å²) in [5, 5.41) is 15.3. The van der Waals surface area contributed by atoms with E-state index in [1.165, 1.54) is 22.7 Å². The van der Waals surface area contributed by atoms with Crippen LogP contribution in [-0.4, -0.2) is 54.4 Å². The summed E-state index contributed by atoms with van der Waals surface area (Å²) in [6.45, 7) is 4.79. The number of aliphatic hydroxyl groups is 1. The van der Waals surface area contributed by atoms with Gasteiger partial charge in [0, 0.05) is 25.2 Å². The number of rotatable bonds is 9. The zero-order valence-electron chi connectivity index (χ0n) is 19.0. The Morgan fingerprint density at radius 3 is 2.24 bits per heavy atom. The molecule has 8 heteroatoms. The molecular formula is C26H30BrNO4S2. The van der Waals surface area contributed by atoms with Crippen molar-refractivity contribution in [1.29, 1.82) is 0 Å². The van der Waals surface area contributed by atoms with Gasteiger partial charge < -0.3 is 36.0 Å². The molecule has 3 saturated heterocycles. The molecular weight excluding hydrogens is 534 g/mol. The second kappa shape index (κ2) is 10.9. The highest BCUT2D eigenvalue weighted by Gasteiger charge is 2.51. The molecule has 0 unspecified atom stereocenters. The Morgan fingerprint density at radius 2 is 1.65 bits per heavy atom. The predicted molar refractivity (Wildman–Crippen MR) is 131 cm³/mol. The van der Waals surface area contributed by atoms with E-state index in [0.29, 0.717) is 22.3 Å². The van der Waals surface area contributed by atoms with Crippen molar-refractivity contribution in [3.05, 3.63) is 75.1 Å². The third-order valence-electron chi connectivity index (χ3n) is 7.14. The Labute approximate surface area is 219 Å². The van der Waals surface area contributed by atoms with E-state index in [1.807, 2.05) is 65.4 Å². The highest BCUT2D eigenvalue weighted by atomic mass is 79.9. The summed E-state index contributed by atoms with van der Waals surface area (Å²) in [6, 6.07) is 17.3. The zero-order valence-corrected chi connectivity index (χ0v) is 22.2. The Morgan fingerprint density at radius 1 is 1.00 bits per heavy atom. The summed E-state index contributed by atoms with van der Waals surface area (Å²) in [7, 11) is 0. The van der Waals surface area contributed by atoms with Crippen LogP contribution in [0.15, 0.2) is 65.4 Å². The largest absolute Gasteiger partial charge is 1.00 e. The van der Waals surface area contributed by atoms with Crippen molar-refractivity contribution >= 4 is 28.6 Å². The molecule has 5 nitrogen and oxygen atoms in total. The number of benzene rings is 1. The Bertz CT molecular complexity index is 1000. The molecule has 0 radical (unpaired) electrons. The number of nitrogens with zero attached hydrogens (tertiary/aromatic N) is 1. The Hall–Kier alpha value is -1.71. The third-order valence-corrected chi connectivity index (χ3v) is 9.10. The Kier molecular flexibility index (Phi) is 8.15. The van der Waals surface area contributed by atoms with E-state index >= 15 is 0 Å². The van der Waals surface area contributed by atoms with Crippen molar-refractivity contribution in [2.75, 3.05) is 32.8 Å². The molecule has 2 bridgehead atoms. The highest BCUT2D eigenvalue weighted by Crippen LogP contribution is 2.40. The molecule has 1 aromatic carbocycles. The van der Waals surface area contributed by atoms with Crippen molar-refractivity contribution in [2.24, 2.45) is 5.92 Å². The normalized spacial score (nSPS) is 23.8. The lowest BCUT2D eigenvalue weighted by atomic mass is 9.83. The van der Waals surface area contributed by atoms with Gasteiger partial charge in [-0.25, -0.2) is 4.79 Å². The van der Waals surface area contributed by atoms with Gasteiger partial charge in [-0.05, 0) is 35.0 Å². The van der Waals surface area contributed by atoms with Gasteiger partial charge in [0.25, 0.3) is 0 Å². The van der Waals surface area contributed by atoms with Crippen molar-refractivity contribution < 1.29 is 40.8 Å². The summed E-state index contributed by atoms with van der Waals surface area (Å²) >= 11 is 2.77. The summed E-state index contributed by atoms with van der Waals surface area (Å²) < 4.78 is 13.0. The minimum Gasteiger partial charge on any atom is -1.00 e. The van der Waals surface area contributed by atoms with E-state index in [1.54, 1.807) is 0 Å². The molecule has 6 rings (SSSR count). The van der Waals surface area contributed by atoms with Gasteiger partial charge in [0.05, 0.1) is 36.0 Å². The van der Waals surface area contributed by atoms with Crippen LogP contribution in [0.5, 0.6) is 5.75 Å². The topological polar surface area (TPSA) is 55.8 Å². The lowest BCUT2D eigenvalue weighted by Crippen LogP contribution is -3.00. The minimum absolute atomic E-state index is 0. The van der Waals surface area contributed by atoms with Gasteiger partial charge >= 0.3 is 5.97 Å². The lowest BCUT2D eigenvalue weighted by molar-refractivity contribution is -0.946. The maximum atomic E-state index is 13.4. The van der Waals surface area contributed by atoms with Crippen molar-refractivity contribution in [3.63, 3.8) is 0 Å². The van der Waals surface area contributed by atoms with Crippen LogP contribution >= 0.6 is 22.7 Å². The first-order chi connectivity index (χ1) is 16.1. The number of quaternary nitrogens is 1. The van der Waals surface area contributed by atoms with Crippen molar-refractivity contribution in [3.8, 4) is 5.75 Å². The second-order valence-corrected chi connectivity index (χ2v) is 11.1. The highest BCUT2D eigenvalue weighted by molar-refractivity contribution is 7.12. The predicted octanol–water partition coefficient (Wildman–Crippen LogP) is 1.67. The fraction of sp³-hybridized carbons (Fsp3) is 0.423. The molecule has 1 atom stereocenters. The summed E-state index contributed by atoms with van der Waals surface area (Å²) in [4.78, 5) is 14.7. The van der Waals surface area contributed by atoms with Crippen LogP contribution in [-0.2, 0) is 15.1 Å². The molecule has 1 N–H and O–H groups in total. The number of hydrogen-bond acceptors (Lipinski definition) is 6. The molecule has 182 valence electrons. The number of para-hydroxylation sites is 1. The van der Waals surface area contributed by atoms with Crippen LogP contribution in [0.1, 0.15) is 29.0 Å². The molecule has 34 heavy (non-hydrogen) atoms. The van der Waals surface area contributed by atoms with Crippen LogP contribution in [0, 0.1) is 5.92 Å². The molecule has 0 aliphatic carbocycles. The SMILES string of the molecule is O=C(O[C@H]1C[N+]2(CCCOc3ccccc3)CCC1CC2)C(O)(c1cccs1)c1cccs1.[Br-]. The van der Waals surface area contributed by atoms with Gasteiger partial charge in [0.1, 0.15) is 12.3 Å². The molecule has 0 amide bonds. The van der Waals surface area contributed by atoms with E-state index in [9.17, 15) is 9.90 Å². The summed E-state index contributed by atoms with van der Waals surface area (Å²) in [5.74, 6) is 0.741. The molecule has 3 aliphatic heterocycles. The summed E-state index contributed by atoms with van der Waals surface area (Å²) in [5.41, 5.74) is -1.73. The van der Waals surface area contributed by atoms with Gasteiger partial charge in [-0.2, -0.15) is 0 Å². The van der Waals surface area contributed by atoms with E-state index in [0.717, 1.165) is 55.7 Å². The van der Waals surface area contributed by atoms with Crippen molar-refractivity contribution in [1.82, 2.24) is 0 Å². The quantitative estimate of drug-likeness (QED) is 0.244. The average Bonchev–Trinajstić information content (AvgIpc) is 3.58. The van der Waals surface area contributed by atoms with E-state index in [4.69, 9.17) is 9.47 Å². The van der Waals surface area contributed by atoms with Crippen LogP contribution in [0.2, 0.25) is 0 Å². The fourth-order valence-electron chi connectivity index (χ4n) is 5.29.